The number of amides is 2. The fraction of sp³-hybridized carbons (Fsp3) is 0.562. The Morgan fingerprint density at radius 3 is 2.21 bits per heavy atom. The highest BCUT2D eigenvalue weighted by Gasteiger charge is 2.18. The van der Waals surface area contributed by atoms with Crippen LogP contribution in [0.25, 0.3) is 0 Å². The fourth-order valence-electron chi connectivity index (χ4n) is 4.61. The summed E-state index contributed by atoms with van der Waals surface area (Å²) in [5.41, 5.74) is 4.48. The summed E-state index contributed by atoms with van der Waals surface area (Å²) in [5, 5.41) is 16.6. The van der Waals surface area contributed by atoms with Gasteiger partial charge < -0.3 is 25.5 Å². The molecule has 0 heterocycles. The molecule has 0 unspecified atom stereocenters. The van der Waals surface area contributed by atoms with E-state index in [-0.39, 0.29) is 18.4 Å². The van der Waals surface area contributed by atoms with Gasteiger partial charge in [0.15, 0.2) is 0 Å². The van der Waals surface area contributed by atoms with Gasteiger partial charge in [-0.3, -0.25) is 9.59 Å². The molecule has 39 heavy (non-hydrogen) atoms. The molecule has 0 radical (unpaired) electrons. The van der Waals surface area contributed by atoms with E-state index >= 15 is 0 Å². The van der Waals surface area contributed by atoms with E-state index in [1.54, 1.807) is 6.07 Å². The quantitative estimate of drug-likeness (QED) is 0.247. The first-order chi connectivity index (χ1) is 18.8. The van der Waals surface area contributed by atoms with Crippen molar-refractivity contribution in [3.8, 4) is 0 Å². The van der Waals surface area contributed by atoms with E-state index in [1.807, 2.05) is 23.1 Å². The van der Waals surface area contributed by atoms with Crippen molar-refractivity contribution in [2.24, 2.45) is 0 Å². The molecule has 0 saturated carbocycles. The molecule has 7 nitrogen and oxygen atoms in total. The van der Waals surface area contributed by atoms with Gasteiger partial charge in [0.1, 0.15) is 0 Å². The third-order valence-corrected chi connectivity index (χ3v) is 6.70. The summed E-state index contributed by atoms with van der Waals surface area (Å²) in [7, 11) is 4.12. The molecule has 0 aliphatic heterocycles. The van der Waals surface area contributed by atoms with Gasteiger partial charge in [-0.15, -0.1) is 0 Å². The largest absolute Gasteiger partial charge is 0.390 e. The molecular formula is C32H50N4O3. The summed E-state index contributed by atoms with van der Waals surface area (Å²) in [6, 6.07) is 13.9. The summed E-state index contributed by atoms with van der Waals surface area (Å²) in [6.07, 6.45) is 4.88. The Bertz CT molecular complexity index is 1020. The van der Waals surface area contributed by atoms with Gasteiger partial charge in [0.25, 0.3) is 11.8 Å². The second-order valence-electron chi connectivity index (χ2n) is 10.6. The molecule has 0 bridgehead atoms. The van der Waals surface area contributed by atoms with E-state index in [1.165, 1.54) is 11.1 Å². The number of hydrogen-bond acceptors (Lipinski definition) is 5. The number of nitrogens with one attached hydrogen (secondary N) is 2. The van der Waals surface area contributed by atoms with Gasteiger partial charge in [0, 0.05) is 43.9 Å². The summed E-state index contributed by atoms with van der Waals surface area (Å²) < 4.78 is 0. The molecule has 0 saturated heterocycles. The van der Waals surface area contributed by atoms with Gasteiger partial charge in [-0.2, -0.15) is 0 Å². The maximum atomic E-state index is 13.4. The fourth-order valence-corrected chi connectivity index (χ4v) is 4.61. The molecule has 3 N–H and O–H groups in total. The zero-order chi connectivity index (χ0) is 28.6. The van der Waals surface area contributed by atoms with Gasteiger partial charge in [-0.05, 0) is 94.1 Å². The van der Waals surface area contributed by atoms with Crippen molar-refractivity contribution in [1.29, 1.82) is 0 Å². The van der Waals surface area contributed by atoms with Crippen molar-refractivity contribution in [3.63, 3.8) is 0 Å². The minimum Gasteiger partial charge on any atom is -0.390 e. The maximum Gasteiger partial charge on any atom is 0.253 e. The first-order valence-corrected chi connectivity index (χ1v) is 14.6. The lowest BCUT2D eigenvalue weighted by Crippen LogP contribution is -2.38. The Hall–Kier alpha value is -2.74. The third-order valence-electron chi connectivity index (χ3n) is 6.70. The van der Waals surface area contributed by atoms with Gasteiger partial charge in [0.2, 0.25) is 0 Å². The van der Waals surface area contributed by atoms with Crippen molar-refractivity contribution in [2.75, 3.05) is 46.8 Å². The van der Waals surface area contributed by atoms with Crippen LogP contribution >= 0.6 is 0 Å². The van der Waals surface area contributed by atoms with Crippen LogP contribution in [0.4, 0.5) is 0 Å². The second-order valence-corrected chi connectivity index (χ2v) is 10.6. The smallest absolute Gasteiger partial charge is 0.253 e. The maximum absolute atomic E-state index is 13.4. The van der Waals surface area contributed by atoms with E-state index in [0.717, 1.165) is 50.6 Å². The summed E-state index contributed by atoms with van der Waals surface area (Å²) >= 11 is 0. The van der Waals surface area contributed by atoms with E-state index < -0.39 is 6.10 Å². The van der Waals surface area contributed by atoms with Crippen LogP contribution in [-0.4, -0.2) is 79.6 Å². The molecular weight excluding hydrogens is 488 g/mol. The van der Waals surface area contributed by atoms with Crippen molar-refractivity contribution in [3.05, 3.63) is 70.3 Å². The predicted octanol–water partition coefficient (Wildman–Crippen LogP) is 4.28. The van der Waals surface area contributed by atoms with Crippen molar-refractivity contribution in [2.45, 2.75) is 71.9 Å². The van der Waals surface area contributed by atoms with E-state index in [4.69, 9.17) is 0 Å². The number of unbranched alkanes of at least 4 members (excludes halogenated alkanes) is 1. The van der Waals surface area contributed by atoms with Crippen LogP contribution in [0.2, 0.25) is 0 Å². The summed E-state index contributed by atoms with van der Waals surface area (Å²) in [5.74, 6) is -0.300. The van der Waals surface area contributed by atoms with E-state index in [9.17, 15) is 14.7 Å². The molecule has 0 aliphatic carbocycles. The second kappa shape index (κ2) is 17.8. The third kappa shape index (κ3) is 11.9. The zero-order valence-electron chi connectivity index (χ0n) is 24.8. The van der Waals surface area contributed by atoms with Crippen molar-refractivity contribution in [1.82, 2.24) is 20.4 Å². The van der Waals surface area contributed by atoms with Crippen LogP contribution in [0, 0.1) is 0 Å². The SMILES string of the molecule is CCCN(CCC)C(=O)c1cc(CCCCN(C)C)cc(C(=O)NC[C@H](O)CNCc2cccc(CC)c2)c1. The predicted molar refractivity (Wildman–Crippen MR) is 160 cm³/mol. The highest BCUT2D eigenvalue weighted by atomic mass is 16.3. The molecule has 7 heteroatoms. The minimum atomic E-state index is -0.719. The Balaban J connectivity index is 2.04. The van der Waals surface area contributed by atoms with Crippen LogP contribution in [0.15, 0.2) is 42.5 Å². The number of aliphatic hydroxyl groups is 1. The highest BCUT2D eigenvalue weighted by Crippen LogP contribution is 2.16. The lowest BCUT2D eigenvalue weighted by Gasteiger charge is -2.22. The first kappa shape index (κ1) is 32.5. The number of aliphatic hydroxyl groups excluding tert-OH is 1. The first-order valence-electron chi connectivity index (χ1n) is 14.6. The van der Waals surface area contributed by atoms with Gasteiger partial charge in [-0.1, -0.05) is 45.0 Å². The molecule has 1 atom stereocenters. The lowest BCUT2D eigenvalue weighted by molar-refractivity contribution is 0.0755. The van der Waals surface area contributed by atoms with Crippen molar-refractivity contribution >= 4 is 11.8 Å². The van der Waals surface area contributed by atoms with Crippen molar-refractivity contribution < 1.29 is 14.7 Å². The molecule has 2 amide bonds. The highest BCUT2D eigenvalue weighted by molar-refractivity contribution is 6.00. The zero-order valence-corrected chi connectivity index (χ0v) is 24.8. The average Bonchev–Trinajstić information content (AvgIpc) is 2.93. The number of rotatable bonds is 18. The lowest BCUT2D eigenvalue weighted by atomic mass is 10.00. The van der Waals surface area contributed by atoms with Gasteiger partial charge in [-0.25, -0.2) is 0 Å². The molecule has 0 aromatic heterocycles. The van der Waals surface area contributed by atoms with E-state index in [0.29, 0.717) is 37.3 Å². The molecule has 0 spiro atoms. The van der Waals surface area contributed by atoms with Crippen LogP contribution < -0.4 is 10.6 Å². The molecule has 0 aliphatic rings. The Kier molecular flexibility index (Phi) is 14.8. The number of benzene rings is 2. The number of nitrogens with zero attached hydrogens (tertiary/aromatic N) is 2. The number of carbonyl (C=O) groups excluding carboxylic acids is 2. The van der Waals surface area contributed by atoms with Crippen LogP contribution in [0.1, 0.15) is 83.9 Å². The van der Waals surface area contributed by atoms with Crippen LogP contribution in [0.3, 0.4) is 0 Å². The molecule has 216 valence electrons. The summed E-state index contributed by atoms with van der Waals surface area (Å²) in [4.78, 5) is 30.5. The number of hydrogen-bond donors (Lipinski definition) is 3. The normalized spacial score (nSPS) is 12.0. The molecule has 2 aromatic carbocycles. The Morgan fingerprint density at radius 1 is 0.846 bits per heavy atom. The molecule has 0 fully saturated rings. The Morgan fingerprint density at radius 2 is 1.54 bits per heavy atom. The number of carbonyl (C=O) groups is 2. The van der Waals surface area contributed by atoms with Gasteiger partial charge in [0.05, 0.1) is 6.10 Å². The van der Waals surface area contributed by atoms with Crippen LogP contribution in [-0.2, 0) is 19.4 Å². The number of aryl methyl sites for hydroxylation is 2. The van der Waals surface area contributed by atoms with Gasteiger partial charge >= 0.3 is 0 Å². The molecule has 2 aromatic rings. The Labute approximate surface area is 236 Å². The topological polar surface area (TPSA) is 84.9 Å². The van der Waals surface area contributed by atoms with E-state index in [2.05, 4.69) is 68.6 Å². The minimum absolute atomic E-state index is 0.0285. The monoisotopic (exact) mass is 538 g/mol. The summed E-state index contributed by atoms with van der Waals surface area (Å²) in [6.45, 7) is 9.83. The van der Waals surface area contributed by atoms with Crippen LogP contribution in [0.5, 0.6) is 0 Å². The molecule has 2 rings (SSSR count). The average molecular weight is 539 g/mol. The standard InChI is InChI=1S/C32H50N4O3/c1-6-15-36(16-7-2)32(39)29-20-26(12-9-10-17-35(4)5)19-28(21-29)31(38)34-24-30(37)23-33-22-27-14-11-13-25(8-3)18-27/h11,13-14,18-21,30,33,37H,6-10,12,15-17,22-24H2,1-5H3,(H,34,38)/t30-/m1/s1.